The summed E-state index contributed by atoms with van der Waals surface area (Å²) in [5.41, 5.74) is -2.20. The Bertz CT molecular complexity index is 1070. The van der Waals surface area contributed by atoms with E-state index in [1.807, 2.05) is 0 Å². The third-order valence-electron chi connectivity index (χ3n) is 6.64. The van der Waals surface area contributed by atoms with Gasteiger partial charge in [-0.2, -0.15) is 0 Å². The molecule has 1 aliphatic carbocycles. The quantitative estimate of drug-likeness (QED) is 0.661. The first-order chi connectivity index (χ1) is 15.0. The third-order valence-corrected chi connectivity index (χ3v) is 8.39. The number of halogens is 2. The number of benzene rings is 1. The summed E-state index contributed by atoms with van der Waals surface area (Å²) in [7, 11) is -3.25. The number of nitrogens with zero attached hydrogens (tertiary/aromatic N) is 2. The van der Waals surface area contributed by atoms with Crippen LogP contribution in [0.25, 0.3) is 0 Å². The Hall–Kier alpha value is -2.56. The maximum Gasteiger partial charge on any atom is 0.325 e. The highest BCUT2D eigenvalue weighted by atomic mass is 32.2. The minimum atomic E-state index is -3.25. The van der Waals surface area contributed by atoms with Gasteiger partial charge in [0.15, 0.2) is 9.84 Å². The van der Waals surface area contributed by atoms with Gasteiger partial charge >= 0.3 is 6.03 Å². The molecule has 8 nitrogen and oxygen atoms in total. The van der Waals surface area contributed by atoms with Gasteiger partial charge in [0.1, 0.15) is 23.7 Å². The monoisotopic (exact) mass is 469 g/mol. The van der Waals surface area contributed by atoms with Crippen LogP contribution < -0.4 is 5.32 Å². The first-order valence-corrected chi connectivity index (χ1v) is 12.5. The van der Waals surface area contributed by atoms with Crippen molar-refractivity contribution < 1.29 is 31.6 Å². The van der Waals surface area contributed by atoms with Gasteiger partial charge in [-0.1, -0.05) is 12.8 Å². The molecule has 0 unspecified atom stereocenters. The first kappa shape index (κ1) is 22.6. The molecule has 0 radical (unpaired) electrons. The summed E-state index contributed by atoms with van der Waals surface area (Å²) >= 11 is 0. The molecule has 3 aliphatic rings. The van der Waals surface area contributed by atoms with Crippen molar-refractivity contribution in [3.05, 3.63) is 35.4 Å². The molecule has 2 aliphatic heterocycles. The van der Waals surface area contributed by atoms with Gasteiger partial charge in [0.2, 0.25) is 5.91 Å². The number of nitrogens with one attached hydrogen (secondary N) is 1. The molecule has 1 aromatic carbocycles. The Kier molecular flexibility index (Phi) is 5.72. The summed E-state index contributed by atoms with van der Waals surface area (Å²) in [6.07, 6.45) is 3.60. The lowest BCUT2D eigenvalue weighted by Crippen LogP contribution is -2.52. The molecule has 0 bridgehead atoms. The van der Waals surface area contributed by atoms with Gasteiger partial charge in [-0.05, 0) is 44.4 Å². The fourth-order valence-electron chi connectivity index (χ4n) is 5.00. The van der Waals surface area contributed by atoms with Crippen LogP contribution in [0.4, 0.5) is 13.6 Å². The van der Waals surface area contributed by atoms with E-state index in [-0.39, 0.29) is 23.1 Å². The molecule has 11 heteroatoms. The topological polar surface area (TPSA) is 104 Å². The Morgan fingerprint density at radius 2 is 1.88 bits per heavy atom. The molecule has 4 rings (SSSR count). The number of carbonyl (C=O) groups excluding carboxylic acids is 3. The summed E-state index contributed by atoms with van der Waals surface area (Å²) < 4.78 is 52.0. The second-order valence-corrected chi connectivity index (χ2v) is 11.1. The van der Waals surface area contributed by atoms with Crippen molar-refractivity contribution in [2.45, 2.75) is 56.7 Å². The Balaban J connectivity index is 1.58. The number of sulfone groups is 1. The molecule has 2 saturated heterocycles. The summed E-state index contributed by atoms with van der Waals surface area (Å²) in [5, 5.41) is 2.38. The van der Waals surface area contributed by atoms with Crippen molar-refractivity contribution in [1.82, 2.24) is 15.1 Å². The summed E-state index contributed by atoms with van der Waals surface area (Å²) in [4.78, 5) is 41.2. The molecule has 32 heavy (non-hydrogen) atoms. The number of carbonyl (C=O) groups is 3. The molecule has 0 spiro atoms. The Morgan fingerprint density at radius 3 is 2.50 bits per heavy atom. The molecule has 1 saturated carbocycles. The second-order valence-electron chi connectivity index (χ2n) is 8.87. The minimum Gasteiger partial charge on any atom is -0.334 e. The molecule has 3 fully saturated rings. The normalized spacial score (nSPS) is 27.7. The van der Waals surface area contributed by atoms with Crippen LogP contribution in [0, 0.1) is 11.6 Å². The van der Waals surface area contributed by atoms with Crippen LogP contribution in [-0.2, 0) is 25.0 Å². The van der Waals surface area contributed by atoms with E-state index in [0.717, 1.165) is 43.9 Å². The van der Waals surface area contributed by atoms with E-state index >= 15 is 0 Å². The zero-order valence-electron chi connectivity index (χ0n) is 17.6. The SMILES string of the molecule is C[C@]1(c2cc(F)ccc2F)NC(=O)N(CC(=O)N(C2CCCC2)[C@@H]2CCS(=O)(=O)C2)C1=O. The van der Waals surface area contributed by atoms with Crippen molar-refractivity contribution in [2.24, 2.45) is 0 Å². The van der Waals surface area contributed by atoms with Crippen LogP contribution in [0.15, 0.2) is 18.2 Å². The molecule has 0 aromatic heterocycles. The van der Waals surface area contributed by atoms with E-state index in [9.17, 15) is 31.6 Å². The predicted octanol–water partition coefficient (Wildman–Crippen LogP) is 1.69. The van der Waals surface area contributed by atoms with E-state index < -0.39 is 57.4 Å². The Morgan fingerprint density at radius 1 is 1.19 bits per heavy atom. The van der Waals surface area contributed by atoms with E-state index in [1.54, 1.807) is 0 Å². The van der Waals surface area contributed by atoms with Crippen LogP contribution >= 0.6 is 0 Å². The fraction of sp³-hybridized carbons (Fsp3) is 0.571. The van der Waals surface area contributed by atoms with Crippen molar-refractivity contribution in [3.63, 3.8) is 0 Å². The highest BCUT2D eigenvalue weighted by Crippen LogP contribution is 2.33. The third kappa shape index (κ3) is 3.98. The highest BCUT2D eigenvalue weighted by molar-refractivity contribution is 7.91. The minimum absolute atomic E-state index is 0.00574. The van der Waals surface area contributed by atoms with Crippen LogP contribution in [0.5, 0.6) is 0 Å². The maximum atomic E-state index is 14.3. The molecule has 1 N–H and O–H groups in total. The first-order valence-electron chi connectivity index (χ1n) is 10.6. The molecule has 2 atom stereocenters. The summed E-state index contributed by atoms with van der Waals surface area (Å²) in [6.45, 7) is 0.665. The zero-order valence-corrected chi connectivity index (χ0v) is 18.5. The lowest BCUT2D eigenvalue weighted by atomic mass is 9.91. The number of imide groups is 1. The fourth-order valence-corrected chi connectivity index (χ4v) is 6.71. The maximum absolute atomic E-state index is 14.3. The number of rotatable bonds is 5. The number of urea groups is 1. The number of hydrogen-bond donors (Lipinski definition) is 1. The predicted molar refractivity (Wildman–Crippen MR) is 110 cm³/mol. The second kappa shape index (κ2) is 8.09. The smallest absolute Gasteiger partial charge is 0.325 e. The van der Waals surface area contributed by atoms with Gasteiger partial charge in [0.05, 0.1) is 11.5 Å². The van der Waals surface area contributed by atoms with Crippen molar-refractivity contribution in [2.75, 3.05) is 18.1 Å². The molecule has 1 aromatic rings. The van der Waals surface area contributed by atoms with Crippen LogP contribution in [0.1, 0.15) is 44.6 Å². The molecule has 4 amide bonds. The van der Waals surface area contributed by atoms with Crippen LogP contribution in [0.2, 0.25) is 0 Å². The Labute approximate surface area is 184 Å². The molecular formula is C21H25F2N3O5S. The van der Waals surface area contributed by atoms with Crippen molar-refractivity contribution >= 4 is 27.7 Å². The van der Waals surface area contributed by atoms with Gasteiger partial charge in [-0.15, -0.1) is 0 Å². The van der Waals surface area contributed by atoms with Gasteiger partial charge in [0.25, 0.3) is 5.91 Å². The average molecular weight is 470 g/mol. The van der Waals surface area contributed by atoms with E-state index in [4.69, 9.17) is 0 Å². The van der Waals surface area contributed by atoms with Gasteiger partial charge in [-0.3, -0.25) is 14.5 Å². The van der Waals surface area contributed by atoms with Crippen molar-refractivity contribution in [3.8, 4) is 0 Å². The number of hydrogen-bond acceptors (Lipinski definition) is 5. The largest absolute Gasteiger partial charge is 0.334 e. The van der Waals surface area contributed by atoms with Crippen molar-refractivity contribution in [1.29, 1.82) is 0 Å². The lowest BCUT2D eigenvalue weighted by Gasteiger charge is -2.35. The van der Waals surface area contributed by atoms with E-state index in [0.29, 0.717) is 11.3 Å². The van der Waals surface area contributed by atoms with Gasteiger partial charge in [-0.25, -0.2) is 22.0 Å². The molecule has 2 heterocycles. The van der Waals surface area contributed by atoms with Crippen LogP contribution in [-0.4, -0.2) is 66.2 Å². The average Bonchev–Trinajstić information content (AvgIpc) is 3.41. The van der Waals surface area contributed by atoms with E-state index in [1.165, 1.54) is 11.8 Å². The van der Waals surface area contributed by atoms with E-state index in [2.05, 4.69) is 5.32 Å². The van der Waals surface area contributed by atoms with Crippen LogP contribution in [0.3, 0.4) is 0 Å². The van der Waals surface area contributed by atoms with Gasteiger partial charge in [0, 0.05) is 17.6 Å². The van der Waals surface area contributed by atoms with Gasteiger partial charge < -0.3 is 10.2 Å². The molecule has 174 valence electrons. The summed E-state index contributed by atoms with van der Waals surface area (Å²) in [6, 6.07) is 1.08. The standard InChI is InChI=1S/C21H25F2N3O5S/c1-21(16-10-13(22)6-7-17(16)23)19(28)25(20(29)24-21)11-18(27)26(14-4-2-3-5-14)15-8-9-32(30,31)12-15/h6-7,10,14-15H,2-5,8-9,11-12H2,1H3,(H,24,29)/t15-,21-/m1/s1. The number of amides is 4. The zero-order chi connectivity index (χ0) is 23.3. The molecular weight excluding hydrogens is 444 g/mol. The lowest BCUT2D eigenvalue weighted by molar-refractivity contribution is -0.141. The summed E-state index contributed by atoms with van der Waals surface area (Å²) in [5.74, 6) is -3.17. The highest BCUT2D eigenvalue weighted by Gasteiger charge is 2.51.